The number of halogens is 1. The van der Waals surface area contributed by atoms with E-state index in [4.69, 9.17) is 20.8 Å². The molecule has 1 saturated carbocycles. The summed E-state index contributed by atoms with van der Waals surface area (Å²) in [6.45, 7) is 0. The first-order valence-electron chi connectivity index (χ1n) is 10.7. The molecule has 1 unspecified atom stereocenters. The number of aromatic nitrogens is 2. The molecule has 0 saturated heterocycles. The van der Waals surface area contributed by atoms with Gasteiger partial charge in [0.1, 0.15) is 0 Å². The van der Waals surface area contributed by atoms with Crippen LogP contribution < -0.4 is 5.32 Å². The minimum Gasteiger partial charge on any atom is -0.466 e. The summed E-state index contributed by atoms with van der Waals surface area (Å²) in [6, 6.07) is 15.7. The zero-order valence-corrected chi connectivity index (χ0v) is 19.8. The Kier molecular flexibility index (Phi) is 6.30. The van der Waals surface area contributed by atoms with Gasteiger partial charge in [-0.05, 0) is 42.7 Å². The minimum absolute atomic E-state index is 0.0549. The van der Waals surface area contributed by atoms with Crippen LogP contribution in [-0.4, -0.2) is 46.0 Å². The van der Waals surface area contributed by atoms with Crippen molar-refractivity contribution >= 4 is 35.4 Å². The van der Waals surface area contributed by atoms with Crippen LogP contribution in [0.1, 0.15) is 24.4 Å². The third-order valence-corrected chi connectivity index (χ3v) is 6.74. The van der Waals surface area contributed by atoms with Gasteiger partial charge in [0.25, 0.3) is 5.22 Å². The van der Waals surface area contributed by atoms with Crippen molar-refractivity contribution in [2.45, 2.75) is 30.1 Å². The van der Waals surface area contributed by atoms with Gasteiger partial charge in [0.2, 0.25) is 5.89 Å². The second-order valence-corrected chi connectivity index (χ2v) is 9.28. The summed E-state index contributed by atoms with van der Waals surface area (Å²) in [7, 11) is 1.34. The number of nitrogens with one attached hydrogen (secondary N) is 1. The number of nitrogens with zero attached hydrogens (tertiary/aromatic N) is 3. The van der Waals surface area contributed by atoms with E-state index in [0.29, 0.717) is 33.2 Å². The summed E-state index contributed by atoms with van der Waals surface area (Å²) in [6.07, 6.45) is 1.76. The van der Waals surface area contributed by atoms with Gasteiger partial charge in [0.05, 0.1) is 18.7 Å². The van der Waals surface area contributed by atoms with Crippen molar-refractivity contribution in [1.29, 1.82) is 0 Å². The summed E-state index contributed by atoms with van der Waals surface area (Å²) in [5, 5.41) is 12.2. The van der Waals surface area contributed by atoms with Crippen LogP contribution in [0.2, 0.25) is 5.02 Å². The van der Waals surface area contributed by atoms with Crippen LogP contribution in [0.5, 0.6) is 0 Å². The maximum absolute atomic E-state index is 13.1. The monoisotopic (exact) mass is 496 g/mol. The molecule has 1 aliphatic heterocycles. The molecule has 2 amide bonds. The number of ether oxygens (including phenoxy) is 1. The van der Waals surface area contributed by atoms with E-state index in [1.54, 1.807) is 29.2 Å². The van der Waals surface area contributed by atoms with E-state index < -0.39 is 12.0 Å². The number of rotatable bonds is 7. The molecule has 0 radical (unpaired) electrons. The van der Waals surface area contributed by atoms with Crippen molar-refractivity contribution in [3.8, 4) is 11.5 Å². The quantitative estimate of drug-likeness (QED) is 0.369. The lowest BCUT2D eigenvalue weighted by molar-refractivity contribution is -0.136. The zero-order chi connectivity index (χ0) is 23.7. The van der Waals surface area contributed by atoms with E-state index >= 15 is 0 Å². The number of benzene rings is 2. The summed E-state index contributed by atoms with van der Waals surface area (Å²) in [4.78, 5) is 27.7. The van der Waals surface area contributed by atoms with Crippen LogP contribution in [0, 0.1) is 0 Å². The molecule has 2 heterocycles. The van der Waals surface area contributed by atoms with E-state index in [1.165, 1.54) is 18.9 Å². The summed E-state index contributed by atoms with van der Waals surface area (Å²) >= 11 is 7.22. The van der Waals surface area contributed by atoms with Crippen LogP contribution in [-0.2, 0) is 9.53 Å². The maximum Gasteiger partial charge on any atom is 0.338 e. The number of hydrogen-bond donors (Lipinski definition) is 1. The fourth-order valence-corrected chi connectivity index (χ4v) is 4.82. The Balaban J connectivity index is 1.48. The number of methoxy groups -OCH3 is 1. The molecule has 1 fully saturated rings. The molecular formula is C24H21ClN4O4S. The molecule has 1 N–H and O–H groups in total. The summed E-state index contributed by atoms with van der Waals surface area (Å²) < 4.78 is 10.9. The molecule has 0 bridgehead atoms. The van der Waals surface area contributed by atoms with Gasteiger partial charge in [-0.15, -0.1) is 10.2 Å². The Morgan fingerprint density at radius 1 is 1.18 bits per heavy atom. The lowest BCUT2D eigenvalue weighted by atomic mass is 9.95. The highest BCUT2D eigenvalue weighted by molar-refractivity contribution is 7.99. The van der Waals surface area contributed by atoms with E-state index in [0.717, 1.165) is 24.0 Å². The van der Waals surface area contributed by atoms with Gasteiger partial charge in [-0.25, -0.2) is 9.59 Å². The lowest BCUT2D eigenvalue weighted by Gasteiger charge is -2.36. The number of urea groups is 1. The van der Waals surface area contributed by atoms with Crippen molar-refractivity contribution < 1.29 is 18.7 Å². The van der Waals surface area contributed by atoms with Crippen LogP contribution in [0.25, 0.3) is 11.5 Å². The van der Waals surface area contributed by atoms with Crippen molar-refractivity contribution in [3.63, 3.8) is 0 Å². The highest BCUT2D eigenvalue weighted by Crippen LogP contribution is 2.40. The SMILES string of the molecule is COC(=O)C1=C(CSc2nnc(-c3ccc(Cl)cc3)o2)N(C2CC2)C(=O)NC1c1ccccc1. The summed E-state index contributed by atoms with van der Waals surface area (Å²) in [5.74, 6) is 0.173. The third-order valence-electron chi connectivity index (χ3n) is 5.66. The fraction of sp³-hybridized carbons (Fsp3) is 0.250. The van der Waals surface area contributed by atoms with E-state index in [9.17, 15) is 9.59 Å². The fourth-order valence-electron chi connectivity index (χ4n) is 3.90. The van der Waals surface area contributed by atoms with Crippen LogP contribution >= 0.6 is 23.4 Å². The Labute approximate surface area is 205 Å². The van der Waals surface area contributed by atoms with Crippen LogP contribution in [0.3, 0.4) is 0 Å². The molecular weight excluding hydrogens is 476 g/mol. The number of carbonyl (C=O) groups is 2. The average molecular weight is 497 g/mol. The van der Waals surface area contributed by atoms with Crippen molar-refractivity contribution in [3.05, 3.63) is 76.5 Å². The predicted octanol–water partition coefficient (Wildman–Crippen LogP) is 4.84. The third kappa shape index (κ3) is 4.53. The second-order valence-electron chi connectivity index (χ2n) is 7.92. The zero-order valence-electron chi connectivity index (χ0n) is 18.2. The first-order chi connectivity index (χ1) is 16.5. The lowest BCUT2D eigenvalue weighted by Crippen LogP contribution is -2.50. The van der Waals surface area contributed by atoms with Crippen molar-refractivity contribution in [1.82, 2.24) is 20.4 Å². The Morgan fingerprint density at radius 2 is 1.91 bits per heavy atom. The van der Waals surface area contributed by atoms with Gasteiger partial charge in [-0.1, -0.05) is 53.7 Å². The Bertz CT molecular complexity index is 1240. The normalized spacial score (nSPS) is 18.1. The maximum atomic E-state index is 13.1. The molecule has 5 rings (SSSR count). The van der Waals surface area contributed by atoms with E-state index in [-0.39, 0.29) is 12.1 Å². The Hall–Kier alpha value is -3.30. The van der Waals surface area contributed by atoms with Gasteiger partial charge in [-0.3, -0.25) is 4.90 Å². The molecule has 1 atom stereocenters. The number of hydrogen-bond acceptors (Lipinski definition) is 7. The van der Waals surface area contributed by atoms with Gasteiger partial charge >= 0.3 is 12.0 Å². The molecule has 3 aromatic rings. The molecule has 2 aliphatic rings. The van der Waals surface area contributed by atoms with E-state index in [2.05, 4.69) is 15.5 Å². The minimum atomic E-state index is -0.612. The summed E-state index contributed by atoms with van der Waals surface area (Å²) in [5.41, 5.74) is 2.56. The molecule has 8 nitrogen and oxygen atoms in total. The number of esters is 1. The average Bonchev–Trinajstić information content (AvgIpc) is 3.59. The van der Waals surface area contributed by atoms with Gasteiger partial charge in [-0.2, -0.15) is 0 Å². The first kappa shape index (κ1) is 22.5. The van der Waals surface area contributed by atoms with Gasteiger partial charge in [0.15, 0.2) is 0 Å². The number of amides is 2. The van der Waals surface area contributed by atoms with Gasteiger partial charge in [0, 0.05) is 28.1 Å². The molecule has 174 valence electrons. The van der Waals surface area contributed by atoms with Crippen LogP contribution in [0.4, 0.5) is 4.79 Å². The van der Waals surface area contributed by atoms with Crippen molar-refractivity contribution in [2.75, 3.05) is 12.9 Å². The standard InChI is InChI=1S/C24H21ClN4O4S/c1-32-22(30)19-18(13-34-24-28-27-21(33-24)15-7-9-16(25)10-8-15)29(17-11-12-17)23(31)26-20(19)14-5-3-2-4-6-14/h2-10,17,20H,11-13H2,1H3,(H,26,31). The number of thioether (sulfide) groups is 1. The molecule has 1 aliphatic carbocycles. The molecule has 34 heavy (non-hydrogen) atoms. The molecule has 0 spiro atoms. The highest BCUT2D eigenvalue weighted by atomic mass is 35.5. The number of carbonyl (C=O) groups excluding carboxylic acids is 2. The van der Waals surface area contributed by atoms with E-state index in [1.807, 2.05) is 30.3 Å². The Morgan fingerprint density at radius 3 is 2.59 bits per heavy atom. The molecule has 1 aromatic heterocycles. The highest BCUT2D eigenvalue weighted by Gasteiger charge is 2.44. The molecule has 2 aromatic carbocycles. The largest absolute Gasteiger partial charge is 0.466 e. The second kappa shape index (κ2) is 9.52. The van der Waals surface area contributed by atoms with Crippen LogP contribution in [0.15, 0.2) is 75.5 Å². The first-order valence-corrected chi connectivity index (χ1v) is 12.1. The van der Waals surface area contributed by atoms with Crippen molar-refractivity contribution in [2.24, 2.45) is 0 Å². The predicted molar refractivity (Wildman–Crippen MR) is 127 cm³/mol. The van der Waals surface area contributed by atoms with Gasteiger partial charge < -0.3 is 14.5 Å². The smallest absolute Gasteiger partial charge is 0.338 e. The molecule has 10 heteroatoms. The topological polar surface area (TPSA) is 97.6 Å².